The van der Waals surface area contributed by atoms with Gasteiger partial charge in [-0.15, -0.1) is 0 Å². The fourth-order valence-electron chi connectivity index (χ4n) is 4.12. The highest BCUT2D eigenvalue weighted by Gasteiger charge is 2.36. The summed E-state index contributed by atoms with van der Waals surface area (Å²) in [7, 11) is 0. The van der Waals surface area contributed by atoms with Gasteiger partial charge in [-0.3, -0.25) is 4.79 Å². The lowest BCUT2D eigenvalue weighted by atomic mass is 9.99. The predicted octanol–water partition coefficient (Wildman–Crippen LogP) is 5.92. The lowest BCUT2D eigenvalue weighted by Crippen LogP contribution is -2.40. The van der Waals surface area contributed by atoms with Gasteiger partial charge in [-0.05, 0) is 52.0 Å². The Bertz CT molecular complexity index is 692. The molecule has 2 rings (SSSR count). The third-order valence-corrected chi connectivity index (χ3v) is 5.82. The van der Waals surface area contributed by atoms with E-state index in [9.17, 15) is 14.7 Å². The second-order valence-corrected chi connectivity index (χ2v) is 9.85. The van der Waals surface area contributed by atoms with Gasteiger partial charge in [0, 0.05) is 18.0 Å². The van der Waals surface area contributed by atoms with Crippen LogP contribution in [-0.2, 0) is 11.2 Å². The van der Waals surface area contributed by atoms with Crippen LogP contribution >= 0.6 is 0 Å². The average Bonchev–Trinajstić information content (AvgIpc) is 3.09. The number of aryl methyl sites for hydroxylation is 1. The van der Waals surface area contributed by atoms with Crippen LogP contribution in [0.2, 0.25) is 0 Å². The van der Waals surface area contributed by atoms with Gasteiger partial charge in [0.05, 0.1) is 12.6 Å². The van der Waals surface area contributed by atoms with Crippen LogP contribution in [0.4, 0.5) is 4.79 Å². The highest BCUT2D eigenvalue weighted by atomic mass is 16.6. The van der Waals surface area contributed by atoms with Gasteiger partial charge < -0.3 is 14.7 Å². The maximum Gasteiger partial charge on any atom is 0.410 e. The molecule has 0 radical (unpaired) electrons. The standard InChI is InChI=1S/C26H41NO4/c1-5-6-7-8-9-10-11-20-12-14-21(15-13-20)24(29)17-16-22-18-23(28)19-27(22)25(30)31-26(2,3)4/h12-15,22-23,28H,5-11,16-19H2,1-4H3/t22-,23-/m1/s1. The number of ether oxygens (including phenoxy) is 1. The Morgan fingerprint density at radius 1 is 1.06 bits per heavy atom. The predicted molar refractivity (Wildman–Crippen MR) is 124 cm³/mol. The number of likely N-dealkylation sites (tertiary alicyclic amines) is 1. The number of benzene rings is 1. The van der Waals surface area contributed by atoms with Crippen LogP contribution < -0.4 is 0 Å². The van der Waals surface area contributed by atoms with E-state index >= 15 is 0 Å². The summed E-state index contributed by atoms with van der Waals surface area (Å²) in [4.78, 5) is 26.7. The molecular formula is C26H41NO4. The molecule has 2 atom stereocenters. The van der Waals surface area contributed by atoms with Crippen molar-refractivity contribution in [2.75, 3.05) is 6.54 Å². The summed E-state index contributed by atoms with van der Waals surface area (Å²) >= 11 is 0. The molecular weight excluding hydrogens is 390 g/mol. The van der Waals surface area contributed by atoms with E-state index in [-0.39, 0.29) is 18.4 Å². The van der Waals surface area contributed by atoms with E-state index in [2.05, 4.69) is 19.1 Å². The molecule has 174 valence electrons. The molecule has 1 N–H and O–H groups in total. The first-order valence-corrected chi connectivity index (χ1v) is 12.0. The summed E-state index contributed by atoms with van der Waals surface area (Å²) in [5.74, 6) is 0.0802. The van der Waals surface area contributed by atoms with E-state index in [0.717, 1.165) is 6.42 Å². The summed E-state index contributed by atoms with van der Waals surface area (Å²) in [6.07, 6.45) is 9.16. The van der Waals surface area contributed by atoms with Gasteiger partial charge in [-0.2, -0.15) is 0 Å². The molecule has 1 aromatic rings. The number of unbranched alkanes of at least 4 members (excludes halogenated alkanes) is 5. The van der Waals surface area contributed by atoms with E-state index in [1.165, 1.54) is 44.1 Å². The molecule has 1 aliphatic rings. The van der Waals surface area contributed by atoms with E-state index in [0.29, 0.717) is 24.8 Å². The number of ketones is 1. The van der Waals surface area contributed by atoms with E-state index in [1.807, 2.05) is 32.9 Å². The van der Waals surface area contributed by atoms with Gasteiger partial charge in [-0.1, -0.05) is 63.3 Å². The molecule has 0 unspecified atom stereocenters. The molecule has 31 heavy (non-hydrogen) atoms. The molecule has 1 fully saturated rings. The number of nitrogens with zero attached hydrogens (tertiary/aromatic N) is 1. The van der Waals surface area contributed by atoms with E-state index < -0.39 is 17.8 Å². The third-order valence-electron chi connectivity index (χ3n) is 5.82. The summed E-state index contributed by atoms with van der Waals surface area (Å²) in [6.45, 7) is 7.97. The maximum atomic E-state index is 12.7. The SMILES string of the molecule is CCCCCCCCc1ccc(C(=O)CC[C@@H]2C[C@@H](O)CN2C(=O)OC(C)(C)C)cc1. The van der Waals surface area contributed by atoms with E-state index in [1.54, 1.807) is 4.90 Å². The Labute approximate surface area is 188 Å². The molecule has 1 heterocycles. The minimum absolute atomic E-state index is 0.0802. The summed E-state index contributed by atoms with van der Waals surface area (Å²) in [6, 6.07) is 7.80. The van der Waals surface area contributed by atoms with Crippen LogP contribution in [0, 0.1) is 0 Å². The number of amides is 1. The fourth-order valence-corrected chi connectivity index (χ4v) is 4.12. The normalized spacial score (nSPS) is 18.9. The van der Waals surface area contributed by atoms with Crippen LogP contribution in [0.5, 0.6) is 0 Å². The molecule has 5 nitrogen and oxygen atoms in total. The molecule has 0 spiro atoms. The molecule has 0 bridgehead atoms. The summed E-state index contributed by atoms with van der Waals surface area (Å²) < 4.78 is 5.46. The van der Waals surface area contributed by atoms with Crippen LogP contribution in [0.25, 0.3) is 0 Å². The van der Waals surface area contributed by atoms with Crippen molar-refractivity contribution < 1.29 is 19.4 Å². The van der Waals surface area contributed by atoms with Gasteiger partial charge in [0.15, 0.2) is 5.78 Å². The number of rotatable bonds is 11. The zero-order valence-electron chi connectivity index (χ0n) is 19.9. The second kappa shape index (κ2) is 12.2. The smallest absolute Gasteiger partial charge is 0.410 e. The first kappa shape index (κ1) is 25.4. The Hall–Kier alpha value is -1.88. The quantitative estimate of drug-likeness (QED) is 0.349. The third kappa shape index (κ3) is 9.02. The topological polar surface area (TPSA) is 66.8 Å². The number of β-amino-alcohol motifs (C(OH)–C–C–N with tert-alkyl or cyclic N) is 1. The monoisotopic (exact) mass is 431 g/mol. The van der Waals surface area contributed by atoms with Gasteiger partial charge in [0.25, 0.3) is 0 Å². The Kier molecular flexibility index (Phi) is 10.0. The summed E-state index contributed by atoms with van der Waals surface area (Å²) in [5, 5.41) is 10.0. The molecule has 0 saturated carbocycles. The van der Waals surface area contributed by atoms with Crippen molar-refractivity contribution in [2.24, 2.45) is 0 Å². The lowest BCUT2D eigenvalue weighted by molar-refractivity contribution is 0.0201. The first-order chi connectivity index (χ1) is 14.7. The van der Waals surface area contributed by atoms with Crippen molar-refractivity contribution in [1.29, 1.82) is 0 Å². The van der Waals surface area contributed by atoms with Gasteiger partial charge in [0.2, 0.25) is 0 Å². The van der Waals surface area contributed by atoms with Crippen molar-refractivity contribution in [3.05, 3.63) is 35.4 Å². The van der Waals surface area contributed by atoms with Crippen molar-refractivity contribution in [2.45, 2.75) is 110 Å². The molecule has 5 heteroatoms. The average molecular weight is 432 g/mol. The zero-order valence-corrected chi connectivity index (χ0v) is 19.9. The number of hydrogen-bond donors (Lipinski definition) is 1. The van der Waals surface area contributed by atoms with Crippen LogP contribution in [0.15, 0.2) is 24.3 Å². The van der Waals surface area contributed by atoms with E-state index in [4.69, 9.17) is 4.74 Å². The highest BCUT2D eigenvalue weighted by molar-refractivity contribution is 5.96. The largest absolute Gasteiger partial charge is 0.444 e. The van der Waals surface area contributed by atoms with Crippen molar-refractivity contribution in [3.63, 3.8) is 0 Å². The Morgan fingerprint density at radius 3 is 2.35 bits per heavy atom. The Balaban J connectivity index is 1.80. The second-order valence-electron chi connectivity index (χ2n) is 9.85. The van der Waals surface area contributed by atoms with Crippen LogP contribution in [-0.4, -0.2) is 46.2 Å². The maximum absolute atomic E-state index is 12.7. The highest BCUT2D eigenvalue weighted by Crippen LogP contribution is 2.25. The zero-order chi connectivity index (χ0) is 22.9. The molecule has 1 aromatic carbocycles. The lowest BCUT2D eigenvalue weighted by Gasteiger charge is -2.28. The molecule has 0 aliphatic carbocycles. The summed E-state index contributed by atoms with van der Waals surface area (Å²) in [5.41, 5.74) is 1.42. The van der Waals surface area contributed by atoms with Gasteiger partial charge in [0.1, 0.15) is 5.60 Å². The fraction of sp³-hybridized carbons (Fsp3) is 0.692. The number of carbonyl (C=O) groups is 2. The number of hydrogen-bond acceptors (Lipinski definition) is 4. The van der Waals surface area contributed by atoms with Gasteiger partial charge >= 0.3 is 6.09 Å². The van der Waals surface area contributed by atoms with Gasteiger partial charge in [-0.25, -0.2) is 4.79 Å². The molecule has 1 aliphatic heterocycles. The molecule has 1 amide bonds. The molecule has 0 aromatic heterocycles. The van der Waals surface area contributed by atoms with Crippen molar-refractivity contribution >= 4 is 11.9 Å². The van der Waals surface area contributed by atoms with Crippen LogP contribution in [0.1, 0.15) is 101 Å². The minimum Gasteiger partial charge on any atom is -0.444 e. The minimum atomic E-state index is -0.581. The number of carbonyl (C=O) groups excluding carboxylic acids is 2. The first-order valence-electron chi connectivity index (χ1n) is 12.0. The molecule has 1 saturated heterocycles. The number of aliphatic hydroxyl groups is 1. The van der Waals surface area contributed by atoms with Crippen molar-refractivity contribution in [1.82, 2.24) is 4.90 Å². The number of Topliss-reactive ketones (excluding diaryl/α,β-unsaturated/α-hetero) is 1. The number of aliphatic hydroxyl groups excluding tert-OH is 1. The van der Waals surface area contributed by atoms with Crippen LogP contribution in [0.3, 0.4) is 0 Å². The Morgan fingerprint density at radius 2 is 1.71 bits per heavy atom. The van der Waals surface area contributed by atoms with Crippen molar-refractivity contribution in [3.8, 4) is 0 Å².